The molecule has 3 heteroatoms. The van der Waals surface area contributed by atoms with Gasteiger partial charge in [-0.25, -0.2) is 0 Å². The zero-order valence-electron chi connectivity index (χ0n) is 6.50. The van der Waals surface area contributed by atoms with Crippen molar-refractivity contribution in [3.8, 4) is 0 Å². The van der Waals surface area contributed by atoms with Gasteiger partial charge in [0.15, 0.2) is 0 Å². The van der Waals surface area contributed by atoms with Crippen LogP contribution in [0.4, 0.5) is 0 Å². The van der Waals surface area contributed by atoms with Gasteiger partial charge in [-0.05, 0) is 46.7 Å². The Morgan fingerprint density at radius 3 is 2.42 bits per heavy atom. The molecule has 66 valence electrons. The Hall–Kier alpha value is 0.200. The van der Waals surface area contributed by atoms with E-state index in [2.05, 4.69) is 22.6 Å². The van der Waals surface area contributed by atoms with Crippen LogP contribution in [0.5, 0.6) is 0 Å². The lowest BCUT2D eigenvalue weighted by molar-refractivity contribution is 0.174. The molecule has 0 bridgehead atoms. The monoisotopic (exact) mass is 296 g/mol. The maximum absolute atomic E-state index is 9.52. The van der Waals surface area contributed by atoms with E-state index in [-0.39, 0.29) is 0 Å². The Morgan fingerprint density at radius 1 is 1.33 bits per heavy atom. The van der Waals surface area contributed by atoms with Crippen LogP contribution in [0.2, 0.25) is 0 Å². The van der Waals surface area contributed by atoms with Crippen LogP contribution in [0, 0.1) is 3.57 Å². The Kier molecular flexibility index (Phi) is 4.32. The maximum Gasteiger partial charge on any atom is 0.0801 e. The highest BCUT2D eigenvalue weighted by atomic mass is 127. The molecular weight excluding hydrogens is 286 g/mol. The van der Waals surface area contributed by atoms with Gasteiger partial charge in [-0.15, -0.1) is 11.6 Å². The predicted octanol–water partition coefficient (Wildman–Crippen LogP) is 2.95. The average molecular weight is 297 g/mol. The average Bonchev–Trinajstić information content (AvgIpc) is 2.06. The van der Waals surface area contributed by atoms with E-state index < -0.39 is 6.10 Å². The van der Waals surface area contributed by atoms with Crippen LogP contribution in [0.1, 0.15) is 18.1 Å². The first-order valence-electron chi connectivity index (χ1n) is 3.73. The van der Waals surface area contributed by atoms with Gasteiger partial charge in [0.1, 0.15) is 0 Å². The van der Waals surface area contributed by atoms with Gasteiger partial charge in [-0.3, -0.25) is 0 Å². The van der Waals surface area contributed by atoms with Crippen LogP contribution in [-0.4, -0.2) is 11.0 Å². The van der Waals surface area contributed by atoms with Gasteiger partial charge >= 0.3 is 0 Å². The standard InChI is InChI=1S/C9H10ClIO/c10-6-5-9(12)7-1-3-8(11)4-2-7/h1-4,9,12H,5-6H2. The number of hydrogen-bond acceptors (Lipinski definition) is 1. The summed E-state index contributed by atoms with van der Waals surface area (Å²) in [5.74, 6) is 0.493. The SMILES string of the molecule is OC(CCCl)c1ccc(I)cc1. The van der Waals surface area contributed by atoms with Crippen LogP contribution in [-0.2, 0) is 0 Å². The van der Waals surface area contributed by atoms with Crippen molar-refractivity contribution in [2.75, 3.05) is 5.88 Å². The summed E-state index contributed by atoms with van der Waals surface area (Å²) < 4.78 is 1.18. The van der Waals surface area contributed by atoms with Crippen LogP contribution < -0.4 is 0 Å². The predicted molar refractivity (Wildman–Crippen MR) is 59.5 cm³/mol. The second-order valence-electron chi connectivity index (χ2n) is 2.55. The molecule has 0 aromatic heterocycles. The van der Waals surface area contributed by atoms with Gasteiger partial charge in [-0.2, -0.15) is 0 Å². The van der Waals surface area contributed by atoms with Crippen molar-refractivity contribution in [3.05, 3.63) is 33.4 Å². The first kappa shape index (κ1) is 10.3. The highest BCUT2D eigenvalue weighted by Crippen LogP contribution is 2.17. The minimum Gasteiger partial charge on any atom is -0.388 e. The summed E-state index contributed by atoms with van der Waals surface area (Å²) in [4.78, 5) is 0. The van der Waals surface area contributed by atoms with Gasteiger partial charge in [0.25, 0.3) is 0 Å². The molecule has 0 aliphatic carbocycles. The summed E-state index contributed by atoms with van der Waals surface area (Å²) in [6.07, 6.45) is 0.196. The fourth-order valence-corrected chi connectivity index (χ4v) is 1.52. The Bertz CT molecular complexity index is 235. The molecule has 1 aromatic rings. The lowest BCUT2D eigenvalue weighted by Gasteiger charge is -2.08. The van der Waals surface area contributed by atoms with Crippen LogP contribution in [0.15, 0.2) is 24.3 Å². The van der Waals surface area contributed by atoms with Crippen LogP contribution in [0.25, 0.3) is 0 Å². The van der Waals surface area contributed by atoms with E-state index in [1.54, 1.807) is 0 Å². The number of benzene rings is 1. The molecule has 1 nitrogen and oxygen atoms in total. The second-order valence-corrected chi connectivity index (χ2v) is 4.17. The molecule has 0 radical (unpaired) electrons. The van der Waals surface area contributed by atoms with Crippen molar-refractivity contribution < 1.29 is 5.11 Å². The maximum atomic E-state index is 9.52. The number of aliphatic hydroxyl groups excluding tert-OH is 1. The van der Waals surface area contributed by atoms with Crippen molar-refractivity contribution in [2.45, 2.75) is 12.5 Å². The molecule has 0 spiro atoms. The lowest BCUT2D eigenvalue weighted by Crippen LogP contribution is -1.97. The van der Waals surface area contributed by atoms with E-state index in [4.69, 9.17) is 11.6 Å². The van der Waals surface area contributed by atoms with Gasteiger partial charge in [-0.1, -0.05) is 12.1 Å². The van der Waals surface area contributed by atoms with Gasteiger partial charge in [0.05, 0.1) is 6.10 Å². The Morgan fingerprint density at radius 2 is 1.92 bits per heavy atom. The molecule has 1 atom stereocenters. The highest BCUT2D eigenvalue weighted by molar-refractivity contribution is 14.1. The molecule has 1 aromatic carbocycles. The van der Waals surface area contributed by atoms with Gasteiger partial charge in [0, 0.05) is 9.45 Å². The van der Waals surface area contributed by atoms with Gasteiger partial charge < -0.3 is 5.11 Å². The molecule has 1 N–H and O–H groups in total. The molecule has 0 amide bonds. The van der Waals surface area contributed by atoms with Gasteiger partial charge in [0.2, 0.25) is 0 Å². The quantitative estimate of drug-likeness (QED) is 0.671. The third kappa shape index (κ3) is 2.92. The largest absolute Gasteiger partial charge is 0.388 e. The number of aliphatic hydroxyl groups is 1. The minimum absolute atomic E-state index is 0.417. The Labute approximate surface area is 90.9 Å². The third-order valence-corrected chi connectivity index (χ3v) is 2.57. The topological polar surface area (TPSA) is 20.2 Å². The lowest BCUT2D eigenvalue weighted by atomic mass is 10.1. The van der Waals surface area contributed by atoms with Crippen molar-refractivity contribution >= 4 is 34.2 Å². The molecule has 1 unspecified atom stereocenters. The summed E-state index contributed by atoms with van der Waals surface area (Å²) in [5, 5.41) is 9.52. The number of rotatable bonds is 3. The van der Waals surface area contributed by atoms with Crippen LogP contribution in [0.3, 0.4) is 0 Å². The first-order chi connectivity index (χ1) is 5.74. The zero-order valence-corrected chi connectivity index (χ0v) is 9.42. The second kappa shape index (κ2) is 5.04. The van der Waals surface area contributed by atoms with Crippen molar-refractivity contribution in [1.29, 1.82) is 0 Å². The van der Waals surface area contributed by atoms with Crippen molar-refractivity contribution in [3.63, 3.8) is 0 Å². The first-order valence-corrected chi connectivity index (χ1v) is 5.35. The summed E-state index contributed by atoms with van der Waals surface area (Å²) in [7, 11) is 0. The third-order valence-electron chi connectivity index (χ3n) is 1.64. The zero-order chi connectivity index (χ0) is 8.97. The van der Waals surface area contributed by atoms with E-state index in [0.29, 0.717) is 12.3 Å². The fourth-order valence-electron chi connectivity index (χ4n) is 0.955. The summed E-state index contributed by atoms with van der Waals surface area (Å²) in [6.45, 7) is 0. The molecular formula is C9H10ClIO. The van der Waals surface area contributed by atoms with Crippen molar-refractivity contribution in [1.82, 2.24) is 0 Å². The molecule has 0 saturated heterocycles. The summed E-state index contributed by atoms with van der Waals surface area (Å²) >= 11 is 7.75. The van der Waals surface area contributed by atoms with E-state index in [9.17, 15) is 5.11 Å². The number of hydrogen-bond donors (Lipinski definition) is 1. The van der Waals surface area contributed by atoms with E-state index in [1.807, 2.05) is 24.3 Å². The van der Waals surface area contributed by atoms with E-state index >= 15 is 0 Å². The molecule has 0 aliphatic heterocycles. The normalized spacial score (nSPS) is 12.9. The molecule has 1 rings (SSSR count). The van der Waals surface area contributed by atoms with Crippen LogP contribution >= 0.6 is 34.2 Å². The van der Waals surface area contributed by atoms with E-state index in [1.165, 1.54) is 3.57 Å². The Balaban J connectivity index is 2.68. The summed E-state index contributed by atoms with van der Waals surface area (Å²) in [5.41, 5.74) is 0.941. The number of halogens is 2. The minimum atomic E-state index is -0.417. The fraction of sp³-hybridized carbons (Fsp3) is 0.333. The smallest absolute Gasteiger partial charge is 0.0801 e. The molecule has 0 saturated carbocycles. The molecule has 0 heterocycles. The van der Waals surface area contributed by atoms with Crippen molar-refractivity contribution in [2.24, 2.45) is 0 Å². The summed E-state index contributed by atoms with van der Waals surface area (Å²) in [6, 6.07) is 7.82. The molecule has 0 aliphatic rings. The number of alkyl halides is 1. The highest BCUT2D eigenvalue weighted by Gasteiger charge is 2.05. The molecule has 12 heavy (non-hydrogen) atoms. The molecule has 0 fully saturated rings. The van der Waals surface area contributed by atoms with E-state index in [0.717, 1.165) is 5.56 Å².